The number of hydrogen-bond acceptors (Lipinski definition) is 1. The average molecular weight is 286 g/mol. The van der Waals surface area contributed by atoms with Crippen LogP contribution in [0.1, 0.15) is 59.1 Å². The molecule has 1 aromatic rings. The van der Waals surface area contributed by atoms with Crippen LogP contribution in [0.4, 0.5) is 0 Å². The molecule has 21 heavy (non-hydrogen) atoms. The fourth-order valence-electron chi connectivity index (χ4n) is 2.73. The predicted molar refractivity (Wildman–Crippen MR) is 95.8 cm³/mol. The summed E-state index contributed by atoms with van der Waals surface area (Å²) < 4.78 is 0. The number of allylic oxidation sites excluding steroid dienone is 4. The summed E-state index contributed by atoms with van der Waals surface area (Å²) in [4.78, 5) is 0. The second-order valence-corrected chi connectivity index (χ2v) is 5.11. The molecule has 0 saturated carbocycles. The van der Waals surface area contributed by atoms with E-state index in [0.717, 1.165) is 23.1 Å². The van der Waals surface area contributed by atoms with Crippen LogP contribution < -0.4 is 0 Å². The maximum atomic E-state index is 10.1. The van der Waals surface area contributed by atoms with E-state index in [2.05, 4.69) is 27.0 Å². The number of fused-ring (bicyclic) bond motifs is 1. The Hall–Kier alpha value is -1.76. The second kappa shape index (κ2) is 8.51. The van der Waals surface area contributed by atoms with Gasteiger partial charge in [0, 0.05) is 5.56 Å². The van der Waals surface area contributed by atoms with Gasteiger partial charge in [-0.2, -0.15) is 0 Å². The Balaban J connectivity index is 0.000000921. The molecule has 1 aliphatic rings. The molecule has 2 rings (SSSR count). The van der Waals surface area contributed by atoms with Crippen LogP contribution in [0.3, 0.4) is 0 Å². The lowest BCUT2D eigenvalue weighted by Gasteiger charge is -2.34. The molecule has 0 heterocycles. The zero-order valence-corrected chi connectivity index (χ0v) is 14.5. The highest BCUT2D eigenvalue weighted by atomic mass is 16.3. The zero-order valence-electron chi connectivity index (χ0n) is 14.5. The molecule has 1 aromatic carbocycles. The predicted octanol–water partition coefficient (Wildman–Crippen LogP) is 6.25. The Labute approximate surface area is 130 Å². The number of phenolic OH excluding ortho intramolecular Hbond substituents is 1. The molecule has 0 amide bonds. The average Bonchev–Trinajstić information content (AvgIpc) is 2.50. The van der Waals surface area contributed by atoms with Crippen LogP contribution in [0.15, 0.2) is 49.1 Å². The van der Waals surface area contributed by atoms with Crippen LogP contribution in [0, 0.1) is 0 Å². The molecular weight excluding hydrogens is 256 g/mol. The normalized spacial score (nSPS) is 14.8. The Kier molecular flexibility index (Phi) is 7.80. The van der Waals surface area contributed by atoms with Crippen molar-refractivity contribution in [2.24, 2.45) is 0 Å². The van der Waals surface area contributed by atoms with Crippen molar-refractivity contribution in [3.8, 4) is 5.75 Å². The van der Waals surface area contributed by atoms with E-state index in [1.54, 1.807) is 6.07 Å². The maximum Gasteiger partial charge on any atom is 0.119 e. The lowest BCUT2D eigenvalue weighted by atomic mass is 9.69. The number of aromatic hydroxyl groups is 1. The molecule has 0 fully saturated rings. The first kappa shape index (κ1) is 19.2. The van der Waals surface area contributed by atoms with Crippen molar-refractivity contribution < 1.29 is 5.11 Å². The van der Waals surface area contributed by atoms with E-state index in [1.807, 2.05) is 52.0 Å². The molecule has 1 heteroatoms. The molecular formula is C20H30O. The largest absolute Gasteiger partial charge is 0.508 e. The Morgan fingerprint density at radius 2 is 1.62 bits per heavy atom. The summed E-state index contributed by atoms with van der Waals surface area (Å²) in [6.07, 6.45) is 4.62. The lowest BCUT2D eigenvalue weighted by Crippen LogP contribution is -2.23. The second-order valence-electron chi connectivity index (χ2n) is 5.11. The summed E-state index contributed by atoms with van der Waals surface area (Å²) in [6.45, 7) is 20.0. The molecule has 0 aliphatic heterocycles. The highest BCUT2D eigenvalue weighted by molar-refractivity contribution is 5.83. The van der Waals surface area contributed by atoms with Crippen molar-refractivity contribution in [1.29, 1.82) is 0 Å². The molecule has 1 aliphatic carbocycles. The molecule has 1 nitrogen and oxygen atoms in total. The summed E-state index contributed by atoms with van der Waals surface area (Å²) >= 11 is 0. The van der Waals surface area contributed by atoms with Gasteiger partial charge in [-0.1, -0.05) is 79.0 Å². The highest BCUT2D eigenvalue weighted by Gasteiger charge is 2.32. The minimum Gasteiger partial charge on any atom is -0.508 e. The van der Waals surface area contributed by atoms with Gasteiger partial charge in [0.2, 0.25) is 0 Å². The molecule has 0 atom stereocenters. The van der Waals surface area contributed by atoms with Crippen LogP contribution >= 0.6 is 0 Å². The molecule has 116 valence electrons. The van der Waals surface area contributed by atoms with Gasteiger partial charge in [-0.15, -0.1) is 0 Å². The Morgan fingerprint density at radius 1 is 1.05 bits per heavy atom. The zero-order chi connectivity index (χ0) is 16.6. The van der Waals surface area contributed by atoms with Crippen molar-refractivity contribution in [2.75, 3.05) is 0 Å². The monoisotopic (exact) mass is 286 g/mol. The van der Waals surface area contributed by atoms with Crippen LogP contribution in [0.25, 0.3) is 5.57 Å². The van der Waals surface area contributed by atoms with Gasteiger partial charge in [-0.25, -0.2) is 0 Å². The number of hydrogen-bond donors (Lipinski definition) is 1. The molecule has 0 aromatic heterocycles. The van der Waals surface area contributed by atoms with Crippen molar-refractivity contribution in [2.45, 2.75) is 53.4 Å². The summed E-state index contributed by atoms with van der Waals surface area (Å²) in [5, 5.41) is 10.1. The molecule has 0 radical (unpaired) electrons. The van der Waals surface area contributed by atoms with Gasteiger partial charge in [-0.05, 0) is 34.6 Å². The standard InChI is InChI=1S/C16H18O.2C2H6/c1-5-11-10-16(3,4)15-13(12(11)6-2)8-7-9-14(15)17;2*1-2/h5-9,17H,1-2,10H2,3-4H3;2*1-2H3. The topological polar surface area (TPSA) is 20.2 Å². The van der Waals surface area contributed by atoms with Crippen molar-refractivity contribution in [3.05, 3.63) is 60.2 Å². The van der Waals surface area contributed by atoms with Crippen LogP contribution in [-0.4, -0.2) is 5.11 Å². The van der Waals surface area contributed by atoms with E-state index in [0.29, 0.717) is 5.75 Å². The maximum absolute atomic E-state index is 10.1. The summed E-state index contributed by atoms with van der Waals surface area (Å²) in [5.41, 5.74) is 4.30. The third-order valence-electron chi connectivity index (χ3n) is 3.44. The number of benzene rings is 1. The smallest absolute Gasteiger partial charge is 0.119 e. The van der Waals surface area contributed by atoms with Crippen LogP contribution in [0.2, 0.25) is 0 Å². The fraction of sp³-hybridized carbons (Fsp3) is 0.400. The van der Waals surface area contributed by atoms with E-state index >= 15 is 0 Å². The van der Waals surface area contributed by atoms with Crippen molar-refractivity contribution in [1.82, 2.24) is 0 Å². The molecule has 0 saturated heterocycles. The van der Waals surface area contributed by atoms with E-state index in [4.69, 9.17) is 0 Å². The number of rotatable bonds is 2. The molecule has 0 bridgehead atoms. The summed E-state index contributed by atoms with van der Waals surface area (Å²) in [5.74, 6) is 0.370. The van der Waals surface area contributed by atoms with Gasteiger partial charge in [-0.3, -0.25) is 0 Å². The Bertz CT molecular complexity index is 519. The first-order valence-corrected chi connectivity index (χ1v) is 7.82. The fourth-order valence-corrected chi connectivity index (χ4v) is 2.73. The van der Waals surface area contributed by atoms with Crippen molar-refractivity contribution in [3.63, 3.8) is 0 Å². The van der Waals surface area contributed by atoms with E-state index in [9.17, 15) is 5.11 Å². The van der Waals surface area contributed by atoms with Gasteiger partial charge < -0.3 is 5.11 Å². The van der Waals surface area contributed by atoms with Crippen LogP contribution in [0.5, 0.6) is 5.75 Å². The highest BCUT2D eigenvalue weighted by Crippen LogP contribution is 2.46. The van der Waals surface area contributed by atoms with Gasteiger partial charge in [0.05, 0.1) is 0 Å². The van der Waals surface area contributed by atoms with E-state index in [1.165, 1.54) is 5.57 Å². The van der Waals surface area contributed by atoms with E-state index in [-0.39, 0.29) is 5.41 Å². The summed E-state index contributed by atoms with van der Waals surface area (Å²) in [7, 11) is 0. The first-order chi connectivity index (χ1) is 10.0. The Morgan fingerprint density at radius 3 is 2.10 bits per heavy atom. The molecule has 0 unspecified atom stereocenters. The summed E-state index contributed by atoms with van der Waals surface area (Å²) in [6, 6.07) is 5.66. The van der Waals surface area contributed by atoms with Gasteiger partial charge >= 0.3 is 0 Å². The first-order valence-electron chi connectivity index (χ1n) is 7.82. The van der Waals surface area contributed by atoms with Crippen LogP contribution in [-0.2, 0) is 5.41 Å². The minimum atomic E-state index is -0.0727. The van der Waals surface area contributed by atoms with Gasteiger partial charge in [0.1, 0.15) is 5.75 Å². The van der Waals surface area contributed by atoms with Crippen molar-refractivity contribution >= 4 is 5.57 Å². The quantitative estimate of drug-likeness (QED) is 0.681. The van der Waals surface area contributed by atoms with E-state index < -0.39 is 0 Å². The third-order valence-corrected chi connectivity index (χ3v) is 3.44. The van der Waals surface area contributed by atoms with Gasteiger partial charge in [0.25, 0.3) is 0 Å². The SMILES string of the molecule is C=CC1=C(C=C)c2cccc(O)c2C(C)(C)C1.CC.CC. The third kappa shape index (κ3) is 3.87. The molecule has 0 spiro atoms. The number of phenols is 1. The lowest BCUT2D eigenvalue weighted by molar-refractivity contribution is 0.431. The molecule has 1 N–H and O–H groups in total. The van der Waals surface area contributed by atoms with Gasteiger partial charge in [0.15, 0.2) is 0 Å². The minimum absolute atomic E-state index is 0.0727.